The van der Waals surface area contributed by atoms with Gasteiger partial charge < -0.3 is 18.9 Å². The molecule has 4 aromatic carbocycles. The number of rotatable bonds is 12. The molecule has 0 N–H and O–H groups in total. The van der Waals surface area contributed by atoms with Crippen LogP contribution in [0.3, 0.4) is 0 Å². The number of carbonyl (C=O) groups is 1. The lowest BCUT2D eigenvalue weighted by Gasteiger charge is -2.28. The highest BCUT2D eigenvalue weighted by atomic mass is 32.1. The molecular weight excluding hydrogens is 651 g/mol. The highest BCUT2D eigenvalue weighted by Crippen LogP contribution is 2.41. The van der Waals surface area contributed by atoms with E-state index in [1.165, 1.54) is 11.3 Å². The zero-order valence-electron chi connectivity index (χ0n) is 28.4. The second kappa shape index (κ2) is 15.3. The molecule has 0 radical (unpaired) electrons. The first-order chi connectivity index (χ1) is 24.4. The molecule has 0 saturated carbocycles. The summed E-state index contributed by atoms with van der Waals surface area (Å²) in [5.41, 5.74) is 3.37. The summed E-state index contributed by atoms with van der Waals surface area (Å²) in [4.78, 5) is 33.7. The van der Waals surface area contributed by atoms with Crippen LogP contribution in [0.5, 0.6) is 17.2 Å². The van der Waals surface area contributed by atoms with Crippen molar-refractivity contribution in [1.29, 1.82) is 5.26 Å². The number of hydrogen-bond donors (Lipinski definition) is 0. The largest absolute Gasteiger partial charge is 0.496 e. The van der Waals surface area contributed by atoms with Gasteiger partial charge in [0, 0.05) is 11.1 Å². The first-order valence-electron chi connectivity index (χ1n) is 16.6. The molecule has 0 bridgehead atoms. The number of nitriles is 1. The van der Waals surface area contributed by atoms with E-state index >= 15 is 0 Å². The molecule has 10 heteroatoms. The van der Waals surface area contributed by atoms with Crippen LogP contribution in [-0.2, 0) is 16.1 Å². The Labute approximate surface area is 294 Å². The number of esters is 1. The van der Waals surface area contributed by atoms with E-state index in [9.17, 15) is 14.9 Å². The normalized spacial score (nSPS) is 14.1. The number of aromatic nitrogens is 1. The number of carbonyl (C=O) groups excluding carboxylic acids is 1. The molecule has 6 rings (SSSR count). The topological polar surface area (TPSA) is 112 Å². The number of fused-ring (bicyclic) bond motifs is 2. The second-order valence-electron chi connectivity index (χ2n) is 11.5. The van der Waals surface area contributed by atoms with Gasteiger partial charge >= 0.3 is 5.97 Å². The third kappa shape index (κ3) is 6.65. The Morgan fingerprint density at radius 1 is 0.960 bits per heavy atom. The number of ether oxygens (including phenoxy) is 4. The van der Waals surface area contributed by atoms with Gasteiger partial charge in [-0.25, -0.2) is 9.79 Å². The van der Waals surface area contributed by atoms with Gasteiger partial charge in [-0.2, -0.15) is 5.26 Å². The van der Waals surface area contributed by atoms with E-state index in [1.54, 1.807) is 36.8 Å². The van der Waals surface area contributed by atoms with Crippen LogP contribution >= 0.6 is 11.3 Å². The monoisotopic (exact) mass is 687 g/mol. The van der Waals surface area contributed by atoms with Gasteiger partial charge in [0.15, 0.2) is 16.3 Å². The fraction of sp³-hybridized carbons (Fsp3) is 0.250. The third-order valence-corrected chi connectivity index (χ3v) is 9.39. The second-order valence-corrected chi connectivity index (χ2v) is 12.5. The lowest BCUT2D eigenvalue weighted by Crippen LogP contribution is -2.40. The average molecular weight is 688 g/mol. The van der Waals surface area contributed by atoms with Crippen molar-refractivity contribution >= 4 is 34.2 Å². The van der Waals surface area contributed by atoms with Crippen LogP contribution < -0.4 is 29.1 Å². The van der Waals surface area contributed by atoms with Gasteiger partial charge in [0.2, 0.25) is 0 Å². The molecule has 1 atom stereocenters. The predicted octanol–water partition coefficient (Wildman–Crippen LogP) is 6.59. The lowest BCUT2D eigenvalue weighted by molar-refractivity contribution is -0.139. The van der Waals surface area contributed by atoms with Crippen LogP contribution in [-0.4, -0.2) is 30.9 Å². The summed E-state index contributed by atoms with van der Waals surface area (Å²) in [6.07, 6.45) is 3.07. The van der Waals surface area contributed by atoms with E-state index in [4.69, 9.17) is 23.9 Å². The maximum atomic E-state index is 14.5. The molecule has 5 aromatic rings. The van der Waals surface area contributed by atoms with Gasteiger partial charge in [-0.3, -0.25) is 9.36 Å². The summed E-state index contributed by atoms with van der Waals surface area (Å²) < 4.78 is 25.6. The maximum absolute atomic E-state index is 14.5. The molecular formula is C40H37N3O6S. The quantitative estimate of drug-likeness (QED) is 0.136. The van der Waals surface area contributed by atoms with Crippen LogP contribution in [0.4, 0.5) is 0 Å². The van der Waals surface area contributed by atoms with Crippen molar-refractivity contribution in [1.82, 2.24) is 4.57 Å². The Kier molecular flexibility index (Phi) is 10.4. The fourth-order valence-corrected chi connectivity index (χ4v) is 7.21. The Hall–Kier alpha value is -5.66. The van der Waals surface area contributed by atoms with Crippen LogP contribution in [0.1, 0.15) is 61.9 Å². The van der Waals surface area contributed by atoms with Crippen LogP contribution in [0, 0.1) is 11.3 Å². The van der Waals surface area contributed by atoms with Gasteiger partial charge in [0.25, 0.3) is 5.56 Å². The molecule has 0 unspecified atom stereocenters. The summed E-state index contributed by atoms with van der Waals surface area (Å²) in [6.45, 7) is 6.45. The van der Waals surface area contributed by atoms with Gasteiger partial charge in [0.1, 0.15) is 18.4 Å². The SMILES string of the molecule is CCCC1=C(C(=O)OCC)[C@H](c2c(OC)ccc3ccccc23)n2c(s/c(=C/c3ccc(OCc4ccccc4C#N)c(OCC)c3)c2=O)=N1. The number of hydrogen-bond acceptors (Lipinski definition) is 9. The highest BCUT2D eigenvalue weighted by molar-refractivity contribution is 7.07. The Morgan fingerprint density at radius 3 is 2.50 bits per heavy atom. The molecule has 9 nitrogen and oxygen atoms in total. The van der Waals surface area contributed by atoms with Crippen LogP contribution in [0.25, 0.3) is 16.8 Å². The van der Waals surface area contributed by atoms with Crippen molar-refractivity contribution in [3.05, 3.63) is 132 Å². The maximum Gasteiger partial charge on any atom is 0.338 e. The van der Waals surface area contributed by atoms with Gasteiger partial charge in [0.05, 0.1) is 47.8 Å². The Balaban J connectivity index is 1.51. The number of thiazole rings is 1. The molecule has 0 amide bonds. The minimum atomic E-state index is -0.832. The predicted molar refractivity (Wildman–Crippen MR) is 193 cm³/mol. The molecule has 1 aliphatic rings. The molecule has 1 aliphatic heterocycles. The molecule has 50 heavy (non-hydrogen) atoms. The van der Waals surface area contributed by atoms with Crippen molar-refractivity contribution in [2.45, 2.75) is 46.3 Å². The Morgan fingerprint density at radius 2 is 1.74 bits per heavy atom. The fourth-order valence-electron chi connectivity index (χ4n) is 6.19. The standard InChI is InChI=1S/C40H37N3O6S/c1-5-12-30-36(39(45)48-7-3)37(35-29-16-11-10-13-26(29)18-20-32(35)46-4)43-38(44)34(50-40(43)42-30)22-25-17-19-31(33(21-25)47-6-2)49-24-28-15-9-8-14-27(28)23-41/h8-11,13-22,37H,5-7,12,24H2,1-4H3/b34-22+/t37-/m0/s1. The number of allylic oxidation sites excluding steroid dienone is 1. The number of nitrogens with zero attached hydrogens (tertiary/aromatic N) is 3. The lowest BCUT2D eigenvalue weighted by atomic mass is 9.90. The first-order valence-corrected chi connectivity index (χ1v) is 17.4. The number of benzene rings is 4. The van der Waals surface area contributed by atoms with Crippen molar-refractivity contribution < 1.29 is 23.7 Å². The molecule has 0 saturated heterocycles. The van der Waals surface area contributed by atoms with E-state index in [0.29, 0.717) is 62.0 Å². The zero-order chi connectivity index (χ0) is 35.2. The van der Waals surface area contributed by atoms with E-state index < -0.39 is 12.0 Å². The molecule has 0 fully saturated rings. The van der Waals surface area contributed by atoms with E-state index in [-0.39, 0.29) is 18.8 Å². The highest BCUT2D eigenvalue weighted by Gasteiger charge is 2.37. The summed E-state index contributed by atoms with van der Waals surface area (Å²) >= 11 is 1.26. The van der Waals surface area contributed by atoms with Gasteiger partial charge in [-0.05, 0) is 66.9 Å². The third-order valence-electron chi connectivity index (χ3n) is 8.40. The average Bonchev–Trinajstić information content (AvgIpc) is 3.44. The van der Waals surface area contributed by atoms with E-state index in [2.05, 4.69) is 6.07 Å². The van der Waals surface area contributed by atoms with Crippen molar-refractivity contribution in [2.75, 3.05) is 20.3 Å². The zero-order valence-corrected chi connectivity index (χ0v) is 29.2. The van der Waals surface area contributed by atoms with Crippen molar-refractivity contribution in [2.24, 2.45) is 4.99 Å². The number of methoxy groups -OCH3 is 1. The molecule has 254 valence electrons. The minimum absolute atomic E-state index is 0.179. The first kappa shape index (κ1) is 34.2. The summed E-state index contributed by atoms with van der Waals surface area (Å²) in [6, 6.07) is 25.8. The molecule has 1 aromatic heterocycles. The van der Waals surface area contributed by atoms with Crippen LogP contribution in [0.15, 0.2) is 99.9 Å². The summed E-state index contributed by atoms with van der Waals surface area (Å²) in [5.74, 6) is 1.07. The van der Waals surface area contributed by atoms with E-state index in [0.717, 1.165) is 28.3 Å². The summed E-state index contributed by atoms with van der Waals surface area (Å²) in [7, 11) is 1.59. The van der Waals surface area contributed by atoms with Crippen molar-refractivity contribution in [3.8, 4) is 23.3 Å². The van der Waals surface area contributed by atoms with E-state index in [1.807, 2.05) is 80.6 Å². The minimum Gasteiger partial charge on any atom is -0.496 e. The molecule has 0 spiro atoms. The van der Waals surface area contributed by atoms with Crippen molar-refractivity contribution in [3.63, 3.8) is 0 Å². The van der Waals surface area contributed by atoms with Gasteiger partial charge in [-0.15, -0.1) is 0 Å². The molecule has 2 heterocycles. The Bertz CT molecular complexity index is 2330. The van der Waals surface area contributed by atoms with Crippen LogP contribution in [0.2, 0.25) is 0 Å². The smallest absolute Gasteiger partial charge is 0.338 e. The summed E-state index contributed by atoms with van der Waals surface area (Å²) in [5, 5.41) is 11.3. The van der Waals surface area contributed by atoms with Gasteiger partial charge in [-0.1, -0.05) is 79.3 Å². The molecule has 0 aliphatic carbocycles.